The highest BCUT2D eigenvalue weighted by Crippen LogP contribution is 2.02. The number of Topliss-reactive ketones (excluding diaryl/α,β-unsaturated/α-hetero) is 1. The molecule has 0 saturated carbocycles. The summed E-state index contributed by atoms with van der Waals surface area (Å²) >= 11 is 0. The van der Waals surface area contributed by atoms with Crippen molar-refractivity contribution in [3.8, 4) is 0 Å². The molecule has 4 heteroatoms. The van der Waals surface area contributed by atoms with Crippen molar-refractivity contribution in [2.24, 2.45) is 5.73 Å². The van der Waals surface area contributed by atoms with E-state index in [0.717, 1.165) is 12.8 Å². The minimum atomic E-state index is -0.557. The van der Waals surface area contributed by atoms with E-state index in [0.29, 0.717) is 12.8 Å². The minimum Gasteiger partial charge on any atom is -0.345 e. The average molecular weight is 214 g/mol. The van der Waals surface area contributed by atoms with E-state index in [1.54, 1.807) is 6.92 Å². The summed E-state index contributed by atoms with van der Waals surface area (Å²) in [5, 5.41) is 2.66. The number of hydrogen-bond donors (Lipinski definition) is 2. The molecule has 0 aliphatic rings. The maximum absolute atomic E-state index is 11.6. The van der Waals surface area contributed by atoms with Crippen molar-refractivity contribution in [3.63, 3.8) is 0 Å². The average Bonchev–Trinajstić information content (AvgIpc) is 2.21. The Morgan fingerprint density at radius 1 is 1.33 bits per heavy atom. The molecule has 0 fully saturated rings. The molecular weight excluding hydrogens is 192 g/mol. The Bertz CT molecular complexity index is 215. The summed E-state index contributed by atoms with van der Waals surface area (Å²) in [6.07, 6.45) is 3.03. The fourth-order valence-corrected chi connectivity index (χ4v) is 1.24. The molecule has 0 radical (unpaired) electrons. The SMILES string of the molecule is CCCCC(=O)C(CC)NC(=O)[C@H](C)N. The molecule has 0 aromatic carbocycles. The molecule has 0 aromatic rings. The van der Waals surface area contributed by atoms with Crippen LogP contribution < -0.4 is 11.1 Å². The number of nitrogens with one attached hydrogen (secondary N) is 1. The molecule has 0 aliphatic carbocycles. The third kappa shape index (κ3) is 5.52. The van der Waals surface area contributed by atoms with Gasteiger partial charge in [-0.3, -0.25) is 9.59 Å². The van der Waals surface area contributed by atoms with Crippen molar-refractivity contribution >= 4 is 11.7 Å². The van der Waals surface area contributed by atoms with E-state index in [2.05, 4.69) is 5.32 Å². The molecule has 1 unspecified atom stereocenters. The van der Waals surface area contributed by atoms with Crippen LogP contribution in [0.4, 0.5) is 0 Å². The van der Waals surface area contributed by atoms with Crippen LogP contribution in [0.5, 0.6) is 0 Å². The number of rotatable bonds is 7. The predicted octanol–water partition coefficient (Wildman–Crippen LogP) is 0.988. The van der Waals surface area contributed by atoms with Crippen LogP contribution in [0.2, 0.25) is 0 Å². The van der Waals surface area contributed by atoms with E-state index in [9.17, 15) is 9.59 Å². The Morgan fingerprint density at radius 2 is 1.93 bits per heavy atom. The van der Waals surface area contributed by atoms with Crippen LogP contribution in [0.3, 0.4) is 0 Å². The highest BCUT2D eigenvalue weighted by molar-refractivity contribution is 5.90. The van der Waals surface area contributed by atoms with Gasteiger partial charge in [0.05, 0.1) is 12.1 Å². The van der Waals surface area contributed by atoms with Crippen molar-refractivity contribution < 1.29 is 9.59 Å². The standard InChI is InChI=1S/C11H22N2O2/c1-4-6-7-10(14)9(5-2)13-11(15)8(3)12/h8-9H,4-7,12H2,1-3H3,(H,13,15)/t8-,9?/m0/s1. The van der Waals surface area contributed by atoms with Gasteiger partial charge in [0, 0.05) is 6.42 Å². The molecule has 0 aromatic heterocycles. The Morgan fingerprint density at radius 3 is 2.33 bits per heavy atom. The van der Waals surface area contributed by atoms with Gasteiger partial charge >= 0.3 is 0 Å². The molecule has 3 N–H and O–H groups in total. The van der Waals surface area contributed by atoms with E-state index in [1.165, 1.54) is 0 Å². The highest BCUT2D eigenvalue weighted by Gasteiger charge is 2.19. The summed E-state index contributed by atoms with van der Waals surface area (Å²) in [4.78, 5) is 22.9. The molecule has 0 aliphatic heterocycles. The van der Waals surface area contributed by atoms with E-state index in [4.69, 9.17) is 5.73 Å². The lowest BCUT2D eigenvalue weighted by molar-refractivity contribution is -0.128. The third-order valence-electron chi connectivity index (χ3n) is 2.30. The van der Waals surface area contributed by atoms with Crippen molar-refractivity contribution in [2.75, 3.05) is 0 Å². The number of hydrogen-bond acceptors (Lipinski definition) is 3. The van der Waals surface area contributed by atoms with Crippen LogP contribution in [-0.4, -0.2) is 23.8 Å². The summed E-state index contributed by atoms with van der Waals surface area (Å²) in [6, 6.07) is -0.923. The van der Waals surface area contributed by atoms with Gasteiger partial charge in [-0.1, -0.05) is 20.3 Å². The lowest BCUT2D eigenvalue weighted by Gasteiger charge is -2.17. The van der Waals surface area contributed by atoms with Crippen molar-refractivity contribution in [1.82, 2.24) is 5.32 Å². The summed E-state index contributed by atoms with van der Waals surface area (Å²) in [6.45, 7) is 5.53. The lowest BCUT2D eigenvalue weighted by Crippen LogP contribution is -2.47. The van der Waals surface area contributed by atoms with Crippen LogP contribution in [-0.2, 0) is 9.59 Å². The fraction of sp³-hybridized carbons (Fsp3) is 0.818. The number of ketones is 1. The minimum absolute atomic E-state index is 0.105. The lowest BCUT2D eigenvalue weighted by atomic mass is 10.0. The zero-order chi connectivity index (χ0) is 11.8. The van der Waals surface area contributed by atoms with Crippen LogP contribution >= 0.6 is 0 Å². The molecular formula is C11H22N2O2. The van der Waals surface area contributed by atoms with Crippen LogP contribution in [0, 0.1) is 0 Å². The van der Waals surface area contributed by atoms with E-state index in [-0.39, 0.29) is 17.7 Å². The van der Waals surface area contributed by atoms with Crippen LogP contribution in [0.15, 0.2) is 0 Å². The second-order valence-electron chi connectivity index (χ2n) is 3.83. The molecule has 1 amide bonds. The second kappa shape index (κ2) is 7.40. The number of carbonyl (C=O) groups excluding carboxylic acids is 2. The number of amides is 1. The van der Waals surface area contributed by atoms with Crippen LogP contribution in [0.25, 0.3) is 0 Å². The van der Waals surface area contributed by atoms with Crippen molar-refractivity contribution in [3.05, 3.63) is 0 Å². The van der Waals surface area contributed by atoms with Crippen molar-refractivity contribution in [1.29, 1.82) is 0 Å². The van der Waals surface area contributed by atoms with Gasteiger partial charge in [0.1, 0.15) is 0 Å². The van der Waals surface area contributed by atoms with Gasteiger partial charge in [-0.2, -0.15) is 0 Å². The molecule has 88 valence electrons. The monoisotopic (exact) mass is 214 g/mol. The maximum Gasteiger partial charge on any atom is 0.237 e. The highest BCUT2D eigenvalue weighted by atomic mass is 16.2. The Kier molecular flexibility index (Phi) is 6.96. The van der Waals surface area contributed by atoms with Gasteiger partial charge in [-0.25, -0.2) is 0 Å². The topological polar surface area (TPSA) is 72.2 Å². The first-order valence-electron chi connectivity index (χ1n) is 5.61. The van der Waals surface area contributed by atoms with Crippen molar-refractivity contribution in [2.45, 2.75) is 58.5 Å². The summed E-state index contributed by atoms with van der Waals surface area (Å²) in [5.41, 5.74) is 5.42. The van der Waals surface area contributed by atoms with Gasteiger partial charge in [0.25, 0.3) is 0 Å². The molecule has 0 rings (SSSR count). The van der Waals surface area contributed by atoms with Gasteiger partial charge in [0.15, 0.2) is 5.78 Å². The molecule has 4 nitrogen and oxygen atoms in total. The van der Waals surface area contributed by atoms with E-state index < -0.39 is 6.04 Å². The molecule has 0 heterocycles. The number of unbranched alkanes of at least 4 members (excludes halogenated alkanes) is 1. The quantitative estimate of drug-likeness (QED) is 0.663. The fourth-order valence-electron chi connectivity index (χ4n) is 1.24. The zero-order valence-electron chi connectivity index (χ0n) is 9.88. The van der Waals surface area contributed by atoms with E-state index in [1.807, 2.05) is 13.8 Å². The Hall–Kier alpha value is -0.900. The molecule has 0 bridgehead atoms. The first-order chi connectivity index (χ1) is 7.02. The smallest absolute Gasteiger partial charge is 0.237 e. The maximum atomic E-state index is 11.6. The molecule has 0 spiro atoms. The molecule has 15 heavy (non-hydrogen) atoms. The first kappa shape index (κ1) is 14.1. The normalized spacial score (nSPS) is 14.4. The van der Waals surface area contributed by atoms with Gasteiger partial charge < -0.3 is 11.1 Å². The zero-order valence-corrected chi connectivity index (χ0v) is 9.88. The van der Waals surface area contributed by atoms with Gasteiger partial charge in [0.2, 0.25) is 5.91 Å². The number of carbonyl (C=O) groups is 2. The Balaban J connectivity index is 4.12. The number of nitrogens with two attached hydrogens (primary N) is 1. The largest absolute Gasteiger partial charge is 0.345 e. The second-order valence-corrected chi connectivity index (χ2v) is 3.83. The summed E-state index contributed by atoms with van der Waals surface area (Å²) in [5.74, 6) is -0.153. The molecule has 0 saturated heterocycles. The third-order valence-corrected chi connectivity index (χ3v) is 2.30. The van der Waals surface area contributed by atoms with Gasteiger partial charge in [-0.05, 0) is 19.8 Å². The van der Waals surface area contributed by atoms with Crippen LogP contribution in [0.1, 0.15) is 46.5 Å². The van der Waals surface area contributed by atoms with E-state index >= 15 is 0 Å². The predicted molar refractivity (Wildman–Crippen MR) is 60.4 cm³/mol. The summed E-state index contributed by atoms with van der Waals surface area (Å²) in [7, 11) is 0. The Labute approximate surface area is 91.6 Å². The van der Waals surface area contributed by atoms with Gasteiger partial charge in [-0.15, -0.1) is 0 Å². The summed E-state index contributed by atoms with van der Waals surface area (Å²) < 4.78 is 0. The molecule has 2 atom stereocenters. The first-order valence-corrected chi connectivity index (χ1v) is 5.61.